The van der Waals surface area contributed by atoms with Crippen LogP contribution in [-0.2, 0) is 0 Å². The number of benzene rings is 1. The first-order valence-corrected chi connectivity index (χ1v) is 6.49. The van der Waals surface area contributed by atoms with Crippen molar-refractivity contribution in [1.29, 1.82) is 0 Å². The minimum Gasteiger partial charge on any atom is -0.495 e. The molecule has 2 unspecified atom stereocenters. The summed E-state index contributed by atoms with van der Waals surface area (Å²) in [5.41, 5.74) is 9.20. The minimum absolute atomic E-state index is 0.137. The topological polar surface area (TPSA) is 58.7 Å². The minimum atomic E-state index is 0.137. The van der Waals surface area contributed by atoms with Crippen LogP contribution in [0.5, 0.6) is 5.75 Å². The molecule has 0 saturated heterocycles. The first-order chi connectivity index (χ1) is 8.65. The lowest BCUT2D eigenvalue weighted by Crippen LogP contribution is -2.33. The predicted molar refractivity (Wildman–Crippen MR) is 74.3 cm³/mol. The van der Waals surface area contributed by atoms with E-state index in [-0.39, 0.29) is 6.61 Å². The van der Waals surface area contributed by atoms with Crippen LogP contribution in [0.1, 0.15) is 31.7 Å². The highest BCUT2D eigenvalue weighted by Crippen LogP contribution is 2.50. The fourth-order valence-electron chi connectivity index (χ4n) is 3.08. The largest absolute Gasteiger partial charge is 0.495 e. The molecule has 100 valence electrons. The number of nitrogens with two attached hydrogens (primary N) is 1. The Hall–Kier alpha value is -1.42. The second-order valence-electron chi connectivity index (χ2n) is 4.79. The zero-order valence-electron chi connectivity index (χ0n) is 11.3. The molecule has 3 N–H and O–H groups in total. The van der Waals surface area contributed by atoms with Gasteiger partial charge < -0.3 is 20.5 Å². The van der Waals surface area contributed by atoms with Gasteiger partial charge in [0.1, 0.15) is 5.75 Å². The number of hydrogen-bond donors (Lipinski definition) is 2. The summed E-state index contributed by atoms with van der Waals surface area (Å²) in [6.45, 7) is 5.11. The maximum absolute atomic E-state index is 9.25. The van der Waals surface area contributed by atoms with Gasteiger partial charge in [-0.1, -0.05) is 6.92 Å². The van der Waals surface area contributed by atoms with Crippen LogP contribution in [-0.4, -0.2) is 31.4 Å². The molecule has 2 rings (SSSR count). The predicted octanol–water partition coefficient (Wildman–Crippen LogP) is 1.97. The number of nitrogens with zero attached hydrogens (tertiary/aromatic N) is 1. The number of aliphatic hydroxyl groups excluding tert-OH is 1. The van der Waals surface area contributed by atoms with Crippen LogP contribution in [0, 0.1) is 0 Å². The Balaban J connectivity index is 2.58. The molecule has 1 aromatic carbocycles. The molecule has 0 aliphatic carbocycles. The zero-order chi connectivity index (χ0) is 13.3. The van der Waals surface area contributed by atoms with E-state index >= 15 is 0 Å². The van der Waals surface area contributed by atoms with Gasteiger partial charge in [-0.15, -0.1) is 0 Å². The molecule has 0 aromatic heterocycles. The summed E-state index contributed by atoms with van der Waals surface area (Å²) in [6.07, 6.45) is 1.04. The number of anilines is 2. The van der Waals surface area contributed by atoms with Crippen molar-refractivity contribution in [1.82, 2.24) is 0 Å². The van der Waals surface area contributed by atoms with Crippen molar-refractivity contribution in [3.63, 3.8) is 0 Å². The summed E-state index contributed by atoms with van der Waals surface area (Å²) >= 11 is 0. The van der Waals surface area contributed by atoms with Gasteiger partial charge in [-0.3, -0.25) is 0 Å². The quantitative estimate of drug-likeness (QED) is 0.802. The van der Waals surface area contributed by atoms with Gasteiger partial charge in [0.2, 0.25) is 0 Å². The number of rotatable bonds is 4. The second-order valence-corrected chi connectivity index (χ2v) is 4.79. The van der Waals surface area contributed by atoms with Crippen molar-refractivity contribution in [2.75, 3.05) is 30.9 Å². The van der Waals surface area contributed by atoms with E-state index in [1.54, 1.807) is 7.11 Å². The third kappa shape index (κ3) is 1.81. The SMILES string of the molecule is CCC1c2c(N)ccc(OC)c2N(CCO)C1C. The van der Waals surface area contributed by atoms with Crippen LogP contribution >= 0.6 is 0 Å². The Morgan fingerprint density at radius 2 is 2.17 bits per heavy atom. The van der Waals surface area contributed by atoms with E-state index in [0.717, 1.165) is 23.5 Å². The third-order valence-corrected chi connectivity index (χ3v) is 3.95. The molecule has 1 heterocycles. The van der Waals surface area contributed by atoms with Crippen LogP contribution in [0.3, 0.4) is 0 Å². The molecule has 0 bridgehead atoms. The lowest BCUT2D eigenvalue weighted by molar-refractivity contribution is 0.297. The van der Waals surface area contributed by atoms with Gasteiger partial charge in [0.25, 0.3) is 0 Å². The lowest BCUT2D eigenvalue weighted by atomic mass is 9.92. The van der Waals surface area contributed by atoms with Crippen molar-refractivity contribution in [2.45, 2.75) is 32.2 Å². The monoisotopic (exact) mass is 250 g/mol. The first-order valence-electron chi connectivity index (χ1n) is 6.49. The molecule has 0 amide bonds. The Morgan fingerprint density at radius 3 is 2.72 bits per heavy atom. The van der Waals surface area contributed by atoms with Gasteiger partial charge >= 0.3 is 0 Å². The molecular formula is C14H22N2O2. The van der Waals surface area contributed by atoms with Crippen LogP contribution in [0.25, 0.3) is 0 Å². The fourth-order valence-corrected chi connectivity index (χ4v) is 3.08. The first kappa shape index (κ1) is 13.0. The Labute approximate surface area is 108 Å². The highest BCUT2D eigenvalue weighted by molar-refractivity contribution is 5.77. The van der Waals surface area contributed by atoms with Gasteiger partial charge in [-0.05, 0) is 25.5 Å². The highest BCUT2D eigenvalue weighted by Gasteiger charge is 2.37. The summed E-state index contributed by atoms with van der Waals surface area (Å²) < 4.78 is 5.45. The van der Waals surface area contributed by atoms with E-state index in [1.807, 2.05) is 12.1 Å². The van der Waals surface area contributed by atoms with Crippen molar-refractivity contribution in [3.8, 4) is 5.75 Å². The average Bonchev–Trinajstić information content (AvgIpc) is 2.65. The summed E-state index contributed by atoms with van der Waals surface area (Å²) in [5.74, 6) is 1.25. The standard InChI is InChI=1S/C14H22N2O2/c1-4-10-9(2)16(7-8-17)14-12(18-3)6-5-11(15)13(10)14/h5-6,9-10,17H,4,7-8,15H2,1-3H3. The van der Waals surface area contributed by atoms with Gasteiger partial charge in [-0.25, -0.2) is 0 Å². The average molecular weight is 250 g/mol. The Bertz CT molecular complexity index is 434. The summed E-state index contributed by atoms with van der Waals surface area (Å²) in [6, 6.07) is 4.16. The molecule has 0 spiro atoms. The Kier molecular flexibility index (Phi) is 3.66. The molecule has 1 aliphatic heterocycles. The number of methoxy groups -OCH3 is 1. The van der Waals surface area contributed by atoms with Gasteiger partial charge in [0.05, 0.1) is 19.4 Å². The maximum atomic E-state index is 9.25. The number of ether oxygens (including phenoxy) is 1. The zero-order valence-corrected chi connectivity index (χ0v) is 11.3. The van der Waals surface area contributed by atoms with E-state index in [9.17, 15) is 5.11 Å². The van der Waals surface area contributed by atoms with Gasteiger partial charge in [0, 0.05) is 29.8 Å². The van der Waals surface area contributed by atoms with Crippen molar-refractivity contribution >= 4 is 11.4 Å². The molecule has 18 heavy (non-hydrogen) atoms. The summed E-state index contributed by atoms with van der Waals surface area (Å²) in [4.78, 5) is 2.21. The molecule has 1 aromatic rings. The Morgan fingerprint density at radius 1 is 1.44 bits per heavy atom. The van der Waals surface area contributed by atoms with Crippen molar-refractivity contribution < 1.29 is 9.84 Å². The number of aliphatic hydroxyl groups is 1. The maximum Gasteiger partial charge on any atom is 0.142 e. The second kappa shape index (κ2) is 5.06. The number of fused-ring (bicyclic) bond motifs is 1. The molecule has 0 fully saturated rings. The van der Waals surface area contributed by atoms with E-state index in [0.29, 0.717) is 18.5 Å². The molecule has 2 atom stereocenters. The van der Waals surface area contributed by atoms with E-state index in [4.69, 9.17) is 10.5 Å². The normalized spacial score (nSPS) is 22.1. The van der Waals surface area contributed by atoms with E-state index in [2.05, 4.69) is 18.7 Å². The molecule has 4 heteroatoms. The summed E-state index contributed by atoms with van der Waals surface area (Å²) in [7, 11) is 1.67. The molecule has 0 saturated carbocycles. The highest BCUT2D eigenvalue weighted by atomic mass is 16.5. The smallest absolute Gasteiger partial charge is 0.142 e. The number of β-amino-alcohol motifs (C(OH)–C–C–N with tert-alkyl or cyclic N) is 1. The van der Waals surface area contributed by atoms with E-state index in [1.165, 1.54) is 5.56 Å². The number of hydrogen-bond acceptors (Lipinski definition) is 4. The fraction of sp³-hybridized carbons (Fsp3) is 0.571. The van der Waals surface area contributed by atoms with Crippen molar-refractivity contribution in [3.05, 3.63) is 17.7 Å². The van der Waals surface area contributed by atoms with Crippen LogP contribution in [0.4, 0.5) is 11.4 Å². The van der Waals surface area contributed by atoms with Crippen LogP contribution in [0.2, 0.25) is 0 Å². The molecular weight excluding hydrogens is 228 g/mol. The van der Waals surface area contributed by atoms with Crippen LogP contribution < -0.4 is 15.4 Å². The molecule has 4 nitrogen and oxygen atoms in total. The third-order valence-electron chi connectivity index (χ3n) is 3.95. The molecule has 0 radical (unpaired) electrons. The van der Waals surface area contributed by atoms with Crippen molar-refractivity contribution in [2.24, 2.45) is 0 Å². The van der Waals surface area contributed by atoms with E-state index < -0.39 is 0 Å². The number of nitrogen functional groups attached to an aromatic ring is 1. The lowest BCUT2D eigenvalue weighted by Gasteiger charge is -2.27. The van der Waals surface area contributed by atoms with Gasteiger partial charge in [-0.2, -0.15) is 0 Å². The van der Waals surface area contributed by atoms with Gasteiger partial charge in [0.15, 0.2) is 0 Å². The summed E-state index contributed by atoms with van der Waals surface area (Å²) in [5, 5.41) is 9.25. The molecule has 1 aliphatic rings. The van der Waals surface area contributed by atoms with Crippen LogP contribution in [0.15, 0.2) is 12.1 Å².